The Labute approximate surface area is 218 Å². The van der Waals surface area contributed by atoms with Gasteiger partial charge in [-0.15, -0.1) is 0 Å². The van der Waals surface area contributed by atoms with Gasteiger partial charge in [0, 0.05) is 16.6 Å². The van der Waals surface area contributed by atoms with E-state index in [-0.39, 0.29) is 12.5 Å². The van der Waals surface area contributed by atoms with Crippen molar-refractivity contribution in [3.05, 3.63) is 63.6 Å². The normalized spacial score (nSPS) is 12.7. The van der Waals surface area contributed by atoms with E-state index in [1.807, 2.05) is 65.8 Å². The maximum Gasteiger partial charge on any atom is 0.244 e. The summed E-state index contributed by atoms with van der Waals surface area (Å²) in [4.78, 5) is 28.4. The van der Waals surface area contributed by atoms with Crippen molar-refractivity contribution in [1.82, 2.24) is 10.2 Å². The zero-order valence-corrected chi connectivity index (χ0v) is 24.0. The molecule has 1 atom stereocenters. The van der Waals surface area contributed by atoms with Gasteiger partial charge in [0.25, 0.3) is 0 Å². The molecule has 0 fully saturated rings. The predicted molar refractivity (Wildman–Crippen MR) is 145 cm³/mol. The summed E-state index contributed by atoms with van der Waals surface area (Å²) in [5, 5.41) is 2.96. The number of carbonyl (C=O) groups is 2. The van der Waals surface area contributed by atoms with Gasteiger partial charge in [-0.25, -0.2) is 8.42 Å². The summed E-state index contributed by atoms with van der Waals surface area (Å²) in [7, 11) is -3.77. The number of amides is 2. The summed E-state index contributed by atoms with van der Waals surface area (Å²) in [6.07, 6.45) is 1.46. The van der Waals surface area contributed by atoms with Gasteiger partial charge in [0.05, 0.1) is 11.9 Å². The summed E-state index contributed by atoms with van der Waals surface area (Å²) >= 11 is 3.43. The molecule has 2 amide bonds. The van der Waals surface area contributed by atoms with Crippen molar-refractivity contribution in [3.63, 3.8) is 0 Å². The Morgan fingerprint density at radius 2 is 1.66 bits per heavy atom. The number of nitrogens with one attached hydrogen (secondary N) is 1. The number of carbonyl (C=O) groups excluding carboxylic acids is 2. The second kappa shape index (κ2) is 11.6. The van der Waals surface area contributed by atoms with Gasteiger partial charge in [-0.05, 0) is 70.4 Å². The highest BCUT2D eigenvalue weighted by Gasteiger charge is 2.33. The zero-order chi connectivity index (χ0) is 26.6. The molecule has 2 aromatic rings. The van der Waals surface area contributed by atoms with Gasteiger partial charge in [0.2, 0.25) is 21.8 Å². The number of rotatable bonds is 9. The largest absolute Gasteiger partial charge is 0.350 e. The van der Waals surface area contributed by atoms with E-state index in [2.05, 4.69) is 21.2 Å². The molecule has 2 aromatic carbocycles. The molecule has 0 radical (unpaired) electrons. The van der Waals surface area contributed by atoms with Gasteiger partial charge in [-0.1, -0.05) is 52.7 Å². The van der Waals surface area contributed by atoms with E-state index in [0.717, 1.165) is 31.7 Å². The highest BCUT2D eigenvalue weighted by Crippen LogP contribution is 2.25. The lowest BCUT2D eigenvalue weighted by molar-refractivity contribution is -0.141. The molecule has 0 aliphatic rings. The monoisotopic (exact) mass is 565 g/mol. The summed E-state index contributed by atoms with van der Waals surface area (Å²) in [5.74, 6) is -0.724. The first kappa shape index (κ1) is 28.8. The Balaban J connectivity index is 2.47. The number of hydrogen-bond acceptors (Lipinski definition) is 4. The van der Waals surface area contributed by atoms with Gasteiger partial charge in [0.15, 0.2) is 0 Å². The molecule has 0 saturated heterocycles. The van der Waals surface area contributed by atoms with Crippen LogP contribution in [0.4, 0.5) is 5.69 Å². The molecule has 0 aliphatic heterocycles. The minimum atomic E-state index is -3.77. The topological polar surface area (TPSA) is 86.8 Å². The van der Waals surface area contributed by atoms with Crippen LogP contribution >= 0.6 is 15.9 Å². The van der Waals surface area contributed by atoms with Crippen molar-refractivity contribution in [1.29, 1.82) is 0 Å². The van der Waals surface area contributed by atoms with Crippen LogP contribution in [0.25, 0.3) is 0 Å². The number of sulfonamides is 1. The molecule has 0 spiro atoms. The van der Waals surface area contributed by atoms with Crippen LogP contribution in [0.15, 0.2) is 46.9 Å². The lowest BCUT2D eigenvalue weighted by Gasteiger charge is -2.34. The summed E-state index contributed by atoms with van der Waals surface area (Å²) < 4.78 is 27.3. The molecule has 0 bridgehead atoms. The Kier molecular flexibility index (Phi) is 9.53. The minimum absolute atomic E-state index is 0.187. The van der Waals surface area contributed by atoms with Crippen LogP contribution in [0, 0.1) is 13.8 Å². The average Bonchev–Trinajstić information content (AvgIpc) is 2.73. The van der Waals surface area contributed by atoms with Crippen molar-refractivity contribution < 1.29 is 18.0 Å². The maximum atomic E-state index is 13.7. The third-order valence-electron chi connectivity index (χ3n) is 5.47. The van der Waals surface area contributed by atoms with Crippen LogP contribution < -0.4 is 9.62 Å². The fourth-order valence-corrected chi connectivity index (χ4v) is 4.75. The first-order valence-corrected chi connectivity index (χ1v) is 14.2. The van der Waals surface area contributed by atoms with Gasteiger partial charge < -0.3 is 10.2 Å². The first-order chi connectivity index (χ1) is 16.1. The van der Waals surface area contributed by atoms with Crippen LogP contribution in [0.1, 0.15) is 50.8 Å². The van der Waals surface area contributed by atoms with E-state index in [4.69, 9.17) is 0 Å². The van der Waals surface area contributed by atoms with E-state index in [1.165, 1.54) is 4.90 Å². The highest BCUT2D eigenvalue weighted by molar-refractivity contribution is 9.10. The Morgan fingerprint density at radius 1 is 1.06 bits per heavy atom. The molecular formula is C26H36BrN3O4S. The smallest absolute Gasteiger partial charge is 0.244 e. The molecule has 0 aliphatic carbocycles. The maximum absolute atomic E-state index is 13.7. The van der Waals surface area contributed by atoms with Crippen molar-refractivity contribution in [2.45, 2.75) is 66.1 Å². The quantitative estimate of drug-likeness (QED) is 0.483. The summed E-state index contributed by atoms with van der Waals surface area (Å²) in [5.41, 5.74) is 2.70. The van der Waals surface area contributed by atoms with E-state index in [0.29, 0.717) is 12.1 Å². The van der Waals surface area contributed by atoms with Crippen molar-refractivity contribution in [2.75, 3.05) is 17.1 Å². The molecule has 7 nitrogen and oxygen atoms in total. The Morgan fingerprint density at radius 3 is 2.14 bits per heavy atom. The zero-order valence-electron chi connectivity index (χ0n) is 21.6. The standard InChI is InChI=1S/C26H36BrN3O4S/c1-8-23(25(32)28-26(4,5)6)29(16-20-11-9-18(2)10-12-20)24(31)17-30(35(7,33)34)21-13-14-22(27)19(3)15-21/h9-15,23H,8,16-17H2,1-7H3,(H,28,32)/t23-/m1/s1. The van der Waals surface area contributed by atoms with Gasteiger partial charge in [-0.3, -0.25) is 13.9 Å². The number of halogens is 1. The second-order valence-electron chi connectivity index (χ2n) is 9.87. The van der Waals surface area contributed by atoms with E-state index in [9.17, 15) is 18.0 Å². The predicted octanol–water partition coefficient (Wildman–Crippen LogP) is 4.55. The van der Waals surface area contributed by atoms with Gasteiger partial charge in [0.1, 0.15) is 12.6 Å². The molecule has 35 heavy (non-hydrogen) atoms. The Hall–Kier alpha value is -2.39. The number of anilines is 1. The number of benzene rings is 2. The van der Waals surface area contributed by atoms with Crippen LogP contribution in [-0.2, 0) is 26.2 Å². The van der Waals surface area contributed by atoms with Gasteiger partial charge >= 0.3 is 0 Å². The fourth-order valence-electron chi connectivity index (χ4n) is 3.66. The van der Waals surface area contributed by atoms with Crippen LogP contribution in [0.5, 0.6) is 0 Å². The second-order valence-corrected chi connectivity index (χ2v) is 12.6. The highest BCUT2D eigenvalue weighted by atomic mass is 79.9. The van der Waals surface area contributed by atoms with E-state index in [1.54, 1.807) is 18.2 Å². The van der Waals surface area contributed by atoms with Gasteiger partial charge in [-0.2, -0.15) is 0 Å². The summed E-state index contributed by atoms with van der Waals surface area (Å²) in [6.45, 7) is 11.1. The third-order valence-corrected chi connectivity index (χ3v) is 7.50. The Bertz CT molecular complexity index is 1160. The average molecular weight is 567 g/mol. The first-order valence-electron chi connectivity index (χ1n) is 11.5. The fraction of sp³-hybridized carbons (Fsp3) is 0.462. The van der Waals surface area contributed by atoms with E-state index >= 15 is 0 Å². The molecular weight excluding hydrogens is 530 g/mol. The number of hydrogen-bond donors (Lipinski definition) is 1. The van der Waals surface area contributed by atoms with Crippen molar-refractivity contribution in [2.24, 2.45) is 0 Å². The molecule has 0 heterocycles. The molecule has 2 rings (SSSR count). The van der Waals surface area contributed by atoms with Crippen LogP contribution in [0.3, 0.4) is 0 Å². The third kappa shape index (κ3) is 8.35. The molecule has 0 aromatic heterocycles. The lowest BCUT2D eigenvalue weighted by atomic mass is 10.1. The lowest BCUT2D eigenvalue weighted by Crippen LogP contribution is -2.55. The molecule has 9 heteroatoms. The molecule has 192 valence electrons. The summed E-state index contributed by atoms with van der Waals surface area (Å²) in [6, 6.07) is 12.1. The van der Waals surface area contributed by atoms with Crippen LogP contribution in [0.2, 0.25) is 0 Å². The number of nitrogens with zero attached hydrogens (tertiary/aromatic N) is 2. The molecule has 1 N–H and O–H groups in total. The number of aryl methyl sites for hydroxylation is 2. The molecule has 0 saturated carbocycles. The minimum Gasteiger partial charge on any atom is -0.350 e. The SMILES string of the molecule is CC[C@H](C(=O)NC(C)(C)C)N(Cc1ccc(C)cc1)C(=O)CN(c1ccc(Br)c(C)c1)S(C)(=O)=O. The van der Waals surface area contributed by atoms with E-state index < -0.39 is 34.1 Å². The van der Waals surface area contributed by atoms with Crippen molar-refractivity contribution in [3.8, 4) is 0 Å². The molecule has 0 unspecified atom stereocenters. The van der Waals surface area contributed by atoms with Crippen LogP contribution in [-0.4, -0.2) is 49.5 Å². The van der Waals surface area contributed by atoms with Crippen molar-refractivity contribution >= 4 is 43.5 Å².